The molecule has 1 saturated heterocycles. The average molecular weight is 313 g/mol. The first-order valence-corrected chi connectivity index (χ1v) is 8.06. The van der Waals surface area contributed by atoms with Crippen LogP contribution in [0.5, 0.6) is 5.75 Å². The molecular formula is C18H23N3O2. The van der Waals surface area contributed by atoms with E-state index in [1.807, 2.05) is 29.1 Å². The lowest BCUT2D eigenvalue weighted by Gasteiger charge is -2.29. The Balaban J connectivity index is 1.68. The molecule has 1 aromatic heterocycles. The summed E-state index contributed by atoms with van der Waals surface area (Å²) in [5.41, 5.74) is 1.18. The number of phenolic OH excluding ortho intramolecular Hbond substituents is 1. The summed E-state index contributed by atoms with van der Waals surface area (Å²) in [4.78, 5) is 14.7. The van der Waals surface area contributed by atoms with E-state index in [2.05, 4.69) is 17.3 Å². The molecule has 0 radical (unpaired) electrons. The lowest BCUT2D eigenvalue weighted by atomic mass is 9.98. The molecule has 1 atom stereocenters. The van der Waals surface area contributed by atoms with Crippen LogP contribution in [0.4, 0.5) is 0 Å². The zero-order valence-electron chi connectivity index (χ0n) is 13.4. The molecule has 0 bridgehead atoms. The van der Waals surface area contributed by atoms with Crippen molar-refractivity contribution < 1.29 is 9.90 Å². The molecule has 0 saturated carbocycles. The van der Waals surface area contributed by atoms with E-state index in [1.165, 1.54) is 6.42 Å². The zero-order valence-corrected chi connectivity index (χ0v) is 13.4. The van der Waals surface area contributed by atoms with Crippen molar-refractivity contribution in [1.82, 2.24) is 14.8 Å². The van der Waals surface area contributed by atoms with Crippen LogP contribution >= 0.6 is 0 Å². The van der Waals surface area contributed by atoms with Crippen LogP contribution in [-0.2, 0) is 0 Å². The van der Waals surface area contributed by atoms with Gasteiger partial charge in [0, 0.05) is 31.2 Å². The number of benzene rings is 1. The zero-order chi connectivity index (χ0) is 16.2. The summed E-state index contributed by atoms with van der Waals surface area (Å²) in [6.45, 7) is 2.79. The molecule has 0 aliphatic carbocycles. The fourth-order valence-electron chi connectivity index (χ4n) is 3.15. The second kappa shape index (κ2) is 6.87. The largest absolute Gasteiger partial charge is 0.507 e. The number of carbonyl (C=O) groups excluding carboxylic acids is 1. The van der Waals surface area contributed by atoms with Gasteiger partial charge in [0.05, 0.1) is 5.56 Å². The predicted octanol–water partition coefficient (Wildman–Crippen LogP) is 2.25. The average Bonchev–Trinajstić information content (AvgIpc) is 3.07. The van der Waals surface area contributed by atoms with E-state index in [-0.39, 0.29) is 11.7 Å². The third-order valence-corrected chi connectivity index (χ3v) is 4.40. The van der Waals surface area contributed by atoms with Crippen molar-refractivity contribution in [3.63, 3.8) is 0 Å². The van der Waals surface area contributed by atoms with Gasteiger partial charge in [-0.3, -0.25) is 4.79 Å². The Morgan fingerprint density at radius 3 is 2.87 bits per heavy atom. The van der Waals surface area contributed by atoms with Crippen LogP contribution in [0.2, 0.25) is 0 Å². The van der Waals surface area contributed by atoms with Crippen molar-refractivity contribution >= 4 is 5.91 Å². The highest BCUT2D eigenvalue weighted by molar-refractivity contribution is 5.97. The number of hydrogen-bond acceptors (Lipinski definition) is 3. The first-order chi connectivity index (χ1) is 11.1. The van der Waals surface area contributed by atoms with E-state index in [4.69, 9.17) is 0 Å². The molecule has 1 aliphatic heterocycles. The van der Waals surface area contributed by atoms with Crippen molar-refractivity contribution in [3.05, 3.63) is 48.3 Å². The smallest absolute Gasteiger partial charge is 0.255 e. The number of piperidine rings is 1. The molecule has 23 heavy (non-hydrogen) atoms. The summed E-state index contributed by atoms with van der Waals surface area (Å²) in [6.07, 6.45) is 6.13. The van der Waals surface area contributed by atoms with Gasteiger partial charge in [0.25, 0.3) is 5.91 Å². The number of nitrogens with one attached hydrogen (secondary N) is 1. The SMILES string of the molecule is CN1CCCC(CNC(=O)c2cc(-n3cccc3)ccc2O)C1. The minimum absolute atomic E-state index is 0.0131. The number of hydrogen-bond donors (Lipinski definition) is 2. The second-order valence-electron chi connectivity index (χ2n) is 6.27. The first kappa shape index (κ1) is 15.6. The molecule has 2 heterocycles. The van der Waals surface area contributed by atoms with E-state index in [1.54, 1.807) is 18.2 Å². The van der Waals surface area contributed by atoms with Gasteiger partial charge in [-0.2, -0.15) is 0 Å². The molecule has 2 N–H and O–H groups in total. The van der Waals surface area contributed by atoms with Crippen LogP contribution in [0.25, 0.3) is 5.69 Å². The maximum Gasteiger partial charge on any atom is 0.255 e. The van der Waals surface area contributed by atoms with Crippen molar-refractivity contribution in [3.8, 4) is 11.4 Å². The van der Waals surface area contributed by atoms with Gasteiger partial charge in [-0.15, -0.1) is 0 Å². The number of carbonyl (C=O) groups is 1. The van der Waals surface area contributed by atoms with Crippen LogP contribution in [-0.4, -0.2) is 47.2 Å². The maximum atomic E-state index is 12.4. The molecule has 122 valence electrons. The standard InChI is InChI=1S/C18H23N3O2/c1-20-8-4-5-14(13-20)12-19-18(23)16-11-15(6-7-17(16)22)21-9-2-3-10-21/h2-3,6-7,9-11,14,22H,4-5,8,12-13H2,1H3,(H,19,23). The number of rotatable bonds is 4. The second-order valence-corrected chi connectivity index (χ2v) is 6.27. The molecule has 1 amide bonds. The lowest BCUT2D eigenvalue weighted by molar-refractivity contribution is 0.0934. The number of phenols is 1. The van der Waals surface area contributed by atoms with E-state index in [0.717, 1.165) is 25.2 Å². The monoisotopic (exact) mass is 313 g/mol. The molecule has 5 nitrogen and oxygen atoms in total. The minimum atomic E-state index is -0.218. The molecule has 1 aliphatic rings. The molecule has 1 unspecified atom stereocenters. The van der Waals surface area contributed by atoms with E-state index >= 15 is 0 Å². The lowest BCUT2D eigenvalue weighted by Crippen LogP contribution is -2.39. The van der Waals surface area contributed by atoms with Crippen molar-refractivity contribution in [2.45, 2.75) is 12.8 Å². The number of aromatic nitrogens is 1. The predicted molar refractivity (Wildman–Crippen MR) is 90.0 cm³/mol. The highest BCUT2D eigenvalue weighted by Gasteiger charge is 2.19. The number of aromatic hydroxyl groups is 1. The molecule has 1 fully saturated rings. The quantitative estimate of drug-likeness (QED) is 0.910. The van der Waals surface area contributed by atoms with Crippen LogP contribution in [0.1, 0.15) is 23.2 Å². The van der Waals surface area contributed by atoms with Crippen LogP contribution in [0.3, 0.4) is 0 Å². The summed E-state index contributed by atoms with van der Waals surface area (Å²) in [7, 11) is 2.11. The fraction of sp³-hybridized carbons (Fsp3) is 0.389. The number of likely N-dealkylation sites (tertiary alicyclic amines) is 1. The van der Waals surface area contributed by atoms with Crippen molar-refractivity contribution in [2.24, 2.45) is 5.92 Å². The van der Waals surface area contributed by atoms with Gasteiger partial charge in [-0.05, 0) is 62.7 Å². The van der Waals surface area contributed by atoms with Crippen molar-refractivity contribution in [2.75, 3.05) is 26.7 Å². The topological polar surface area (TPSA) is 57.5 Å². The summed E-state index contributed by atoms with van der Waals surface area (Å²) in [5.74, 6) is 0.274. The minimum Gasteiger partial charge on any atom is -0.507 e. The molecule has 2 aromatic rings. The van der Waals surface area contributed by atoms with Gasteiger partial charge in [-0.1, -0.05) is 0 Å². The number of amides is 1. The molecule has 1 aromatic carbocycles. The Morgan fingerprint density at radius 1 is 1.35 bits per heavy atom. The Hall–Kier alpha value is -2.27. The third kappa shape index (κ3) is 3.74. The van der Waals surface area contributed by atoms with Gasteiger partial charge in [-0.25, -0.2) is 0 Å². The van der Waals surface area contributed by atoms with Crippen LogP contribution in [0.15, 0.2) is 42.7 Å². The van der Waals surface area contributed by atoms with E-state index in [9.17, 15) is 9.90 Å². The van der Waals surface area contributed by atoms with Crippen LogP contribution < -0.4 is 5.32 Å². The Labute approximate surface area is 136 Å². The maximum absolute atomic E-state index is 12.4. The molecule has 3 rings (SSSR count). The summed E-state index contributed by atoms with van der Waals surface area (Å²) in [6, 6.07) is 8.93. The summed E-state index contributed by atoms with van der Waals surface area (Å²) < 4.78 is 1.91. The highest BCUT2D eigenvalue weighted by atomic mass is 16.3. The van der Waals surface area contributed by atoms with Gasteiger partial charge < -0.3 is 19.9 Å². The van der Waals surface area contributed by atoms with E-state index < -0.39 is 0 Å². The summed E-state index contributed by atoms with van der Waals surface area (Å²) >= 11 is 0. The highest BCUT2D eigenvalue weighted by Crippen LogP contribution is 2.21. The Kier molecular flexibility index (Phi) is 4.67. The third-order valence-electron chi connectivity index (χ3n) is 4.40. The molecule has 5 heteroatoms. The van der Waals surface area contributed by atoms with Gasteiger partial charge >= 0.3 is 0 Å². The Bertz CT molecular complexity index is 667. The summed E-state index contributed by atoms with van der Waals surface area (Å²) in [5, 5.41) is 13.0. The molecule has 0 spiro atoms. The fourth-order valence-corrected chi connectivity index (χ4v) is 3.15. The number of nitrogens with zero attached hydrogens (tertiary/aromatic N) is 2. The van der Waals surface area contributed by atoms with Crippen LogP contribution in [0, 0.1) is 5.92 Å². The van der Waals surface area contributed by atoms with Gasteiger partial charge in [0.1, 0.15) is 5.75 Å². The van der Waals surface area contributed by atoms with E-state index in [0.29, 0.717) is 18.0 Å². The van der Waals surface area contributed by atoms with Gasteiger partial charge in [0.2, 0.25) is 0 Å². The molecular weight excluding hydrogens is 290 g/mol. The Morgan fingerprint density at radius 2 is 2.13 bits per heavy atom. The first-order valence-electron chi connectivity index (χ1n) is 8.06. The van der Waals surface area contributed by atoms with Gasteiger partial charge in [0.15, 0.2) is 0 Å². The normalized spacial score (nSPS) is 18.7. The van der Waals surface area contributed by atoms with Crippen molar-refractivity contribution in [1.29, 1.82) is 0 Å².